The molecule has 2 aliphatic heterocycles. The Hall–Kier alpha value is -3.10. The van der Waals surface area contributed by atoms with Gasteiger partial charge in [-0.25, -0.2) is 0 Å². The zero-order valence-corrected chi connectivity index (χ0v) is 21.5. The smallest absolute Gasteiger partial charge is 0.221 e. The third-order valence-corrected chi connectivity index (χ3v) is 8.06. The standard InChI is InChI=1S/C28H36N4O4/c1-5-31-9-7-17-11-19(21(13-23(17)31)29-15(3)33)25-27(35)26(28(25)36)20-12-18-8-10-32(6-2)24(18)14-22(20)30-16(4)34/h11-14,25-28,35-36H,5-10H2,1-4H3,(H,29,33)(H,30,34). The van der Waals surface area contributed by atoms with Gasteiger partial charge in [-0.3, -0.25) is 9.59 Å². The monoisotopic (exact) mass is 492 g/mol. The van der Waals surface area contributed by atoms with Gasteiger partial charge in [0.25, 0.3) is 0 Å². The molecule has 2 amide bonds. The third-order valence-electron chi connectivity index (χ3n) is 8.06. The maximum Gasteiger partial charge on any atom is 0.221 e. The molecule has 4 N–H and O–H groups in total. The number of rotatable bonds is 6. The highest BCUT2D eigenvalue weighted by Crippen LogP contribution is 2.53. The molecule has 0 unspecified atom stereocenters. The van der Waals surface area contributed by atoms with E-state index in [-0.39, 0.29) is 11.8 Å². The van der Waals surface area contributed by atoms with Crippen molar-refractivity contribution in [1.82, 2.24) is 0 Å². The maximum absolute atomic E-state index is 12.0. The van der Waals surface area contributed by atoms with E-state index in [1.165, 1.54) is 25.0 Å². The van der Waals surface area contributed by atoms with Crippen LogP contribution < -0.4 is 20.4 Å². The number of carbonyl (C=O) groups excluding carboxylic acids is 2. The van der Waals surface area contributed by atoms with Crippen LogP contribution in [0.1, 0.15) is 61.8 Å². The highest BCUT2D eigenvalue weighted by atomic mass is 16.3. The Labute approximate surface area is 212 Å². The van der Waals surface area contributed by atoms with Crippen LogP contribution in [0.3, 0.4) is 0 Å². The molecule has 0 aromatic heterocycles. The second-order valence-corrected chi connectivity index (χ2v) is 10.2. The van der Waals surface area contributed by atoms with Gasteiger partial charge >= 0.3 is 0 Å². The summed E-state index contributed by atoms with van der Waals surface area (Å²) in [6.07, 6.45) is 0.0705. The Morgan fingerprint density at radius 2 is 1.17 bits per heavy atom. The summed E-state index contributed by atoms with van der Waals surface area (Å²) in [5.41, 5.74) is 7.32. The Morgan fingerprint density at radius 1 is 0.778 bits per heavy atom. The number of amides is 2. The maximum atomic E-state index is 12.0. The van der Waals surface area contributed by atoms with Crippen molar-refractivity contribution in [3.63, 3.8) is 0 Å². The fraction of sp³-hybridized carbons (Fsp3) is 0.500. The van der Waals surface area contributed by atoms with E-state index in [1.807, 2.05) is 24.3 Å². The minimum Gasteiger partial charge on any atom is -0.392 e. The third kappa shape index (κ3) is 4.02. The normalized spacial score (nSPS) is 24.3. The second kappa shape index (κ2) is 9.41. The number of likely N-dealkylation sites (N-methyl/N-ethyl adjacent to an activating group) is 2. The molecule has 2 heterocycles. The molecule has 0 atom stereocenters. The van der Waals surface area contributed by atoms with Crippen LogP contribution in [0, 0.1) is 0 Å². The van der Waals surface area contributed by atoms with E-state index in [0.717, 1.165) is 61.5 Å². The van der Waals surface area contributed by atoms with Crippen LogP contribution in [-0.2, 0) is 22.4 Å². The SMILES string of the molecule is CCN1CCc2cc(C3C(O)C(c4cc5c(cc4NC(C)=O)N(CC)CC5)C3O)c(NC(C)=O)cc21. The van der Waals surface area contributed by atoms with E-state index in [1.54, 1.807) is 0 Å². The lowest BCUT2D eigenvalue weighted by molar-refractivity contribution is -0.115. The van der Waals surface area contributed by atoms with Gasteiger partial charge in [-0.15, -0.1) is 0 Å². The van der Waals surface area contributed by atoms with Crippen LogP contribution in [0.25, 0.3) is 0 Å². The van der Waals surface area contributed by atoms with Gasteiger partial charge in [0.15, 0.2) is 0 Å². The Morgan fingerprint density at radius 3 is 1.50 bits per heavy atom. The molecule has 8 nitrogen and oxygen atoms in total. The van der Waals surface area contributed by atoms with Crippen LogP contribution >= 0.6 is 0 Å². The average Bonchev–Trinajstić information content (AvgIpc) is 3.41. The molecule has 3 aliphatic rings. The predicted molar refractivity (Wildman–Crippen MR) is 142 cm³/mol. The van der Waals surface area contributed by atoms with Crippen LogP contribution in [0.4, 0.5) is 22.7 Å². The molecule has 2 aromatic rings. The summed E-state index contributed by atoms with van der Waals surface area (Å²) in [6, 6.07) is 8.04. The molecule has 5 rings (SSSR count). The first-order valence-electron chi connectivity index (χ1n) is 13.0. The quantitative estimate of drug-likeness (QED) is 0.494. The average molecular weight is 493 g/mol. The van der Waals surface area contributed by atoms with Crippen molar-refractivity contribution in [1.29, 1.82) is 0 Å². The minimum absolute atomic E-state index is 0.191. The van der Waals surface area contributed by atoms with Crippen molar-refractivity contribution >= 4 is 34.6 Å². The summed E-state index contributed by atoms with van der Waals surface area (Å²) in [5, 5.41) is 28.7. The molecular weight excluding hydrogens is 456 g/mol. The number of nitrogens with one attached hydrogen (secondary N) is 2. The minimum atomic E-state index is -0.858. The van der Waals surface area contributed by atoms with Crippen LogP contribution in [-0.4, -0.2) is 60.4 Å². The van der Waals surface area contributed by atoms with Gasteiger partial charge < -0.3 is 30.6 Å². The summed E-state index contributed by atoms with van der Waals surface area (Å²) in [6.45, 7) is 10.7. The Bertz CT molecular complexity index is 1110. The van der Waals surface area contributed by atoms with Crippen molar-refractivity contribution in [2.75, 3.05) is 46.6 Å². The van der Waals surface area contributed by atoms with E-state index in [0.29, 0.717) is 11.4 Å². The number of benzene rings is 2. The van der Waals surface area contributed by atoms with Gasteiger partial charge in [0.1, 0.15) is 0 Å². The van der Waals surface area contributed by atoms with Gasteiger partial charge in [0.05, 0.1) is 12.2 Å². The zero-order valence-electron chi connectivity index (χ0n) is 21.5. The van der Waals surface area contributed by atoms with Gasteiger partial charge in [0.2, 0.25) is 11.8 Å². The fourth-order valence-electron chi connectivity index (χ4n) is 6.29. The summed E-state index contributed by atoms with van der Waals surface area (Å²) < 4.78 is 0. The molecule has 192 valence electrons. The fourth-order valence-corrected chi connectivity index (χ4v) is 6.29. The molecule has 0 radical (unpaired) electrons. The largest absolute Gasteiger partial charge is 0.392 e. The lowest BCUT2D eigenvalue weighted by Crippen LogP contribution is -2.52. The molecule has 0 saturated heterocycles. The predicted octanol–water partition coefficient (Wildman–Crippen LogP) is 2.97. The Kier molecular flexibility index (Phi) is 6.43. The number of carbonyl (C=O) groups is 2. The topological polar surface area (TPSA) is 105 Å². The van der Waals surface area contributed by atoms with Crippen molar-refractivity contribution in [3.8, 4) is 0 Å². The molecule has 8 heteroatoms. The summed E-state index contributed by atoms with van der Waals surface area (Å²) in [4.78, 5) is 28.6. The second-order valence-electron chi connectivity index (χ2n) is 10.2. The first-order valence-corrected chi connectivity index (χ1v) is 13.0. The highest BCUT2D eigenvalue weighted by Gasteiger charge is 2.52. The number of nitrogens with zero attached hydrogens (tertiary/aromatic N) is 2. The molecule has 36 heavy (non-hydrogen) atoms. The van der Waals surface area contributed by atoms with Crippen molar-refractivity contribution < 1.29 is 19.8 Å². The molecule has 2 aromatic carbocycles. The number of hydrogen-bond acceptors (Lipinski definition) is 6. The summed E-state index contributed by atoms with van der Waals surface area (Å²) in [5.74, 6) is -1.46. The van der Waals surface area contributed by atoms with Gasteiger partial charge in [-0.1, -0.05) is 12.1 Å². The highest BCUT2D eigenvalue weighted by molar-refractivity contribution is 5.92. The molecule has 0 bridgehead atoms. The summed E-state index contributed by atoms with van der Waals surface area (Å²) in [7, 11) is 0. The Balaban J connectivity index is 1.52. The van der Waals surface area contributed by atoms with Crippen LogP contribution in [0.2, 0.25) is 0 Å². The van der Waals surface area contributed by atoms with Crippen molar-refractivity contribution in [2.24, 2.45) is 0 Å². The molecular formula is C28H36N4O4. The number of hydrogen-bond donors (Lipinski definition) is 4. The number of aliphatic hydroxyl groups excluding tert-OH is 2. The first-order chi connectivity index (χ1) is 17.2. The lowest BCUT2D eigenvalue weighted by Gasteiger charge is -2.48. The lowest BCUT2D eigenvalue weighted by atomic mass is 9.62. The first kappa shape index (κ1) is 24.6. The van der Waals surface area contributed by atoms with E-state index in [2.05, 4.69) is 34.3 Å². The zero-order chi connectivity index (χ0) is 25.7. The van der Waals surface area contributed by atoms with E-state index in [9.17, 15) is 19.8 Å². The van der Waals surface area contributed by atoms with Crippen LogP contribution in [0.15, 0.2) is 24.3 Å². The number of anilines is 4. The number of aliphatic hydroxyl groups is 2. The van der Waals surface area contributed by atoms with Gasteiger partial charge in [0, 0.05) is 74.6 Å². The van der Waals surface area contributed by atoms with Gasteiger partial charge in [-0.2, -0.15) is 0 Å². The molecule has 1 aliphatic carbocycles. The number of fused-ring (bicyclic) bond motifs is 2. The molecule has 0 spiro atoms. The van der Waals surface area contributed by atoms with Crippen molar-refractivity contribution in [2.45, 2.75) is 64.6 Å². The van der Waals surface area contributed by atoms with E-state index in [4.69, 9.17) is 0 Å². The van der Waals surface area contributed by atoms with Crippen LogP contribution in [0.5, 0.6) is 0 Å². The summed E-state index contributed by atoms with van der Waals surface area (Å²) >= 11 is 0. The van der Waals surface area contributed by atoms with E-state index < -0.39 is 24.0 Å². The van der Waals surface area contributed by atoms with Gasteiger partial charge in [-0.05, 0) is 61.1 Å². The van der Waals surface area contributed by atoms with E-state index >= 15 is 0 Å². The molecule has 1 saturated carbocycles. The molecule has 1 fully saturated rings. The van der Waals surface area contributed by atoms with Crippen molar-refractivity contribution in [3.05, 3.63) is 46.5 Å².